The first-order valence-corrected chi connectivity index (χ1v) is 7.56. The number of carbonyl (C=O) groups excluding carboxylic acids is 2. The molecule has 0 bridgehead atoms. The number of nitro benzene ring substituents is 1. The maximum Gasteiger partial charge on any atom is 0.407 e. The van der Waals surface area contributed by atoms with Crippen LogP contribution in [0.4, 0.5) is 10.5 Å². The Kier molecular flexibility index (Phi) is 6.67. The SMILES string of the molecule is COC(=O)c1cc([N+](=O)[O-])cc(C=CCNC(=O)OC(C)(C)C)c1C. The van der Waals surface area contributed by atoms with E-state index in [0.717, 1.165) is 0 Å². The molecule has 1 rings (SSSR count). The van der Waals surface area contributed by atoms with Gasteiger partial charge in [-0.25, -0.2) is 9.59 Å². The van der Waals surface area contributed by atoms with E-state index in [2.05, 4.69) is 10.1 Å². The van der Waals surface area contributed by atoms with E-state index in [0.29, 0.717) is 11.1 Å². The van der Waals surface area contributed by atoms with Crippen molar-refractivity contribution in [2.45, 2.75) is 33.3 Å². The minimum atomic E-state index is -0.650. The van der Waals surface area contributed by atoms with Gasteiger partial charge in [-0.3, -0.25) is 10.1 Å². The molecule has 0 aliphatic heterocycles. The number of esters is 1. The predicted octanol–water partition coefficient (Wildman–Crippen LogP) is 3.23. The first kappa shape index (κ1) is 20.1. The van der Waals surface area contributed by atoms with Gasteiger partial charge in [-0.15, -0.1) is 0 Å². The second kappa shape index (κ2) is 8.27. The van der Waals surface area contributed by atoms with Crippen LogP contribution in [0, 0.1) is 17.0 Å². The van der Waals surface area contributed by atoms with E-state index in [-0.39, 0.29) is 17.8 Å². The van der Waals surface area contributed by atoms with Crippen LogP contribution in [-0.4, -0.2) is 36.2 Å². The number of hydrogen-bond acceptors (Lipinski definition) is 6. The van der Waals surface area contributed by atoms with Crippen molar-refractivity contribution in [1.29, 1.82) is 0 Å². The van der Waals surface area contributed by atoms with Crippen molar-refractivity contribution in [3.05, 3.63) is 45.0 Å². The highest BCUT2D eigenvalue weighted by molar-refractivity contribution is 5.93. The number of methoxy groups -OCH3 is 1. The van der Waals surface area contributed by atoms with Gasteiger partial charge in [-0.1, -0.05) is 12.2 Å². The van der Waals surface area contributed by atoms with Crippen molar-refractivity contribution in [2.24, 2.45) is 0 Å². The molecule has 1 N–H and O–H groups in total. The zero-order chi connectivity index (χ0) is 19.2. The van der Waals surface area contributed by atoms with Crippen LogP contribution in [0.1, 0.15) is 42.3 Å². The summed E-state index contributed by atoms with van der Waals surface area (Å²) in [5.74, 6) is -0.650. The third-order valence-electron chi connectivity index (χ3n) is 3.11. The summed E-state index contributed by atoms with van der Waals surface area (Å²) in [5.41, 5.74) is 0.341. The second-order valence-corrected chi connectivity index (χ2v) is 6.24. The molecule has 0 aliphatic rings. The molecular weight excluding hydrogens is 328 g/mol. The molecule has 8 heteroatoms. The number of nitro groups is 1. The number of carbonyl (C=O) groups is 2. The molecule has 0 aliphatic carbocycles. The maximum atomic E-state index is 11.8. The van der Waals surface area contributed by atoms with E-state index in [1.807, 2.05) is 0 Å². The molecule has 8 nitrogen and oxygen atoms in total. The lowest BCUT2D eigenvalue weighted by atomic mass is 10.0. The van der Waals surface area contributed by atoms with Crippen LogP contribution in [0.2, 0.25) is 0 Å². The van der Waals surface area contributed by atoms with E-state index in [1.54, 1.807) is 39.8 Å². The van der Waals surface area contributed by atoms with E-state index in [9.17, 15) is 19.7 Å². The number of benzene rings is 1. The van der Waals surface area contributed by atoms with E-state index in [1.165, 1.54) is 19.2 Å². The van der Waals surface area contributed by atoms with Crippen LogP contribution >= 0.6 is 0 Å². The Morgan fingerprint density at radius 3 is 2.48 bits per heavy atom. The molecule has 0 saturated heterocycles. The summed E-state index contributed by atoms with van der Waals surface area (Å²) in [5, 5.41) is 13.6. The zero-order valence-electron chi connectivity index (χ0n) is 14.9. The maximum absolute atomic E-state index is 11.8. The lowest BCUT2D eigenvalue weighted by Crippen LogP contribution is -2.32. The van der Waals surface area contributed by atoms with Gasteiger partial charge in [-0.05, 0) is 38.8 Å². The molecule has 0 radical (unpaired) electrons. The Morgan fingerprint density at radius 2 is 1.96 bits per heavy atom. The first-order chi connectivity index (χ1) is 11.5. The fraction of sp³-hybridized carbons (Fsp3) is 0.412. The lowest BCUT2D eigenvalue weighted by Gasteiger charge is -2.19. The number of rotatable bonds is 5. The van der Waals surface area contributed by atoms with E-state index in [4.69, 9.17) is 4.74 Å². The van der Waals surface area contributed by atoms with E-state index < -0.39 is 22.6 Å². The van der Waals surface area contributed by atoms with Gasteiger partial charge >= 0.3 is 12.1 Å². The second-order valence-electron chi connectivity index (χ2n) is 6.24. The number of nitrogens with one attached hydrogen (secondary N) is 1. The molecule has 0 fully saturated rings. The smallest absolute Gasteiger partial charge is 0.407 e. The monoisotopic (exact) mass is 350 g/mol. The van der Waals surface area contributed by atoms with Crippen molar-refractivity contribution in [1.82, 2.24) is 5.32 Å². The van der Waals surface area contributed by atoms with Crippen molar-refractivity contribution in [2.75, 3.05) is 13.7 Å². The minimum Gasteiger partial charge on any atom is -0.465 e. The molecule has 1 aromatic carbocycles. The van der Waals surface area contributed by atoms with Gasteiger partial charge in [0.15, 0.2) is 0 Å². The normalized spacial score (nSPS) is 11.2. The number of hydrogen-bond donors (Lipinski definition) is 1. The molecule has 1 amide bonds. The first-order valence-electron chi connectivity index (χ1n) is 7.56. The summed E-state index contributed by atoms with van der Waals surface area (Å²) in [6.45, 7) is 7.09. The number of ether oxygens (including phenoxy) is 2. The molecule has 1 aromatic rings. The molecule has 0 heterocycles. The number of amides is 1. The largest absolute Gasteiger partial charge is 0.465 e. The average molecular weight is 350 g/mol. The van der Waals surface area contributed by atoms with Gasteiger partial charge in [0.2, 0.25) is 0 Å². The highest BCUT2D eigenvalue weighted by Crippen LogP contribution is 2.24. The van der Waals surface area contributed by atoms with Crippen LogP contribution in [0.3, 0.4) is 0 Å². The molecule has 0 aromatic heterocycles. The Balaban J connectivity index is 2.93. The minimum absolute atomic E-state index is 0.122. The predicted molar refractivity (Wildman–Crippen MR) is 92.4 cm³/mol. The highest BCUT2D eigenvalue weighted by Gasteiger charge is 2.18. The van der Waals surface area contributed by atoms with Gasteiger partial charge in [0.05, 0.1) is 17.6 Å². The number of non-ortho nitro benzene ring substituents is 1. The van der Waals surface area contributed by atoms with Crippen molar-refractivity contribution in [3.8, 4) is 0 Å². The van der Waals surface area contributed by atoms with Gasteiger partial charge in [0, 0.05) is 18.7 Å². The van der Waals surface area contributed by atoms with Crippen LogP contribution in [0.15, 0.2) is 18.2 Å². The van der Waals surface area contributed by atoms with Gasteiger partial charge < -0.3 is 14.8 Å². The average Bonchev–Trinajstić information content (AvgIpc) is 2.50. The zero-order valence-corrected chi connectivity index (χ0v) is 14.9. The number of alkyl carbamates (subject to hydrolysis) is 1. The van der Waals surface area contributed by atoms with Gasteiger partial charge in [0.1, 0.15) is 5.60 Å². The van der Waals surface area contributed by atoms with Crippen molar-refractivity contribution in [3.63, 3.8) is 0 Å². The molecule has 136 valence electrons. The quantitative estimate of drug-likeness (QED) is 0.496. The van der Waals surface area contributed by atoms with Gasteiger partial charge in [0.25, 0.3) is 5.69 Å². The highest BCUT2D eigenvalue weighted by atomic mass is 16.6. The third kappa shape index (κ3) is 6.25. The van der Waals surface area contributed by atoms with Crippen LogP contribution in [0.5, 0.6) is 0 Å². The molecule has 0 saturated carbocycles. The molecule has 0 unspecified atom stereocenters. The van der Waals surface area contributed by atoms with Gasteiger partial charge in [-0.2, -0.15) is 0 Å². The fourth-order valence-corrected chi connectivity index (χ4v) is 1.96. The summed E-state index contributed by atoms with van der Waals surface area (Å²) in [4.78, 5) is 33.8. The van der Waals surface area contributed by atoms with E-state index >= 15 is 0 Å². The summed E-state index contributed by atoms with van der Waals surface area (Å²) in [6, 6.07) is 2.53. The Labute approximate surface area is 146 Å². The van der Waals surface area contributed by atoms with Crippen LogP contribution < -0.4 is 5.32 Å². The molecule has 0 atom stereocenters. The fourth-order valence-electron chi connectivity index (χ4n) is 1.96. The summed E-state index contributed by atoms with van der Waals surface area (Å²) in [7, 11) is 1.21. The Hall–Kier alpha value is -2.90. The third-order valence-corrected chi connectivity index (χ3v) is 3.11. The summed E-state index contributed by atoms with van der Waals surface area (Å²) in [6.07, 6.45) is 2.63. The molecule has 0 spiro atoms. The van der Waals surface area contributed by atoms with Crippen LogP contribution in [0.25, 0.3) is 6.08 Å². The Bertz CT molecular complexity index is 704. The van der Waals surface area contributed by atoms with Crippen molar-refractivity contribution < 1.29 is 24.0 Å². The summed E-state index contributed by atoms with van der Waals surface area (Å²) < 4.78 is 9.75. The number of nitrogens with zero attached hydrogens (tertiary/aromatic N) is 1. The molecule has 25 heavy (non-hydrogen) atoms. The van der Waals surface area contributed by atoms with Crippen molar-refractivity contribution >= 4 is 23.8 Å². The Morgan fingerprint density at radius 1 is 1.32 bits per heavy atom. The summed E-state index contributed by atoms with van der Waals surface area (Å²) >= 11 is 0. The standard InChI is InChI=1S/C17H22N2O6/c1-11-12(7-6-8-18-16(21)25-17(2,3)4)9-13(19(22)23)10-14(11)15(20)24-5/h6-7,9-10H,8H2,1-5H3,(H,18,21). The molecular formula is C17H22N2O6. The lowest BCUT2D eigenvalue weighted by molar-refractivity contribution is -0.384. The topological polar surface area (TPSA) is 108 Å². The van der Waals surface area contributed by atoms with Crippen LogP contribution in [-0.2, 0) is 9.47 Å².